The van der Waals surface area contributed by atoms with Gasteiger partial charge in [0.25, 0.3) is 0 Å². The van der Waals surface area contributed by atoms with Crippen molar-refractivity contribution in [3.05, 3.63) is 11.9 Å². The van der Waals surface area contributed by atoms with Gasteiger partial charge in [0.15, 0.2) is 0 Å². The van der Waals surface area contributed by atoms with Crippen molar-refractivity contribution in [2.45, 2.75) is 57.5 Å². The SMILES string of the molecule is CN1[C@@H]2CCCC[C@H]2N(C)P1(=O)/C=C/[C@@H]1[C@@H]2CCC(=O)[C@]12C. The van der Waals surface area contributed by atoms with Crippen LogP contribution in [-0.4, -0.2) is 41.3 Å². The lowest BCUT2D eigenvalue weighted by Gasteiger charge is -2.28. The molecule has 0 aromatic carbocycles. The zero-order valence-corrected chi connectivity index (χ0v) is 14.8. The van der Waals surface area contributed by atoms with Gasteiger partial charge in [-0.25, -0.2) is 9.34 Å². The monoisotopic (exact) mass is 322 g/mol. The van der Waals surface area contributed by atoms with Crippen molar-refractivity contribution in [3.63, 3.8) is 0 Å². The number of fused-ring (bicyclic) bond motifs is 2. The van der Waals surface area contributed by atoms with E-state index in [1.54, 1.807) is 0 Å². The predicted octanol–water partition coefficient (Wildman–Crippen LogP) is 3.50. The molecule has 0 bridgehead atoms. The molecule has 3 aliphatic carbocycles. The summed E-state index contributed by atoms with van der Waals surface area (Å²) in [6.07, 6.45) is 8.70. The predicted molar refractivity (Wildman–Crippen MR) is 87.6 cm³/mol. The third kappa shape index (κ3) is 1.78. The van der Waals surface area contributed by atoms with Crippen LogP contribution in [0.3, 0.4) is 0 Å². The van der Waals surface area contributed by atoms with Crippen LogP contribution in [0.4, 0.5) is 0 Å². The second-order valence-electron chi connectivity index (χ2n) is 7.87. The fourth-order valence-electron chi connectivity index (χ4n) is 5.43. The number of rotatable bonds is 2. The van der Waals surface area contributed by atoms with Crippen LogP contribution in [0.5, 0.6) is 0 Å². The number of hydrogen-bond donors (Lipinski definition) is 0. The van der Waals surface area contributed by atoms with Gasteiger partial charge in [-0.2, -0.15) is 0 Å². The molecule has 0 aromatic heterocycles. The van der Waals surface area contributed by atoms with Gasteiger partial charge in [0.1, 0.15) is 5.78 Å². The van der Waals surface area contributed by atoms with Crippen molar-refractivity contribution in [2.24, 2.45) is 17.3 Å². The highest BCUT2D eigenvalue weighted by Crippen LogP contribution is 2.69. The van der Waals surface area contributed by atoms with Crippen molar-refractivity contribution in [1.82, 2.24) is 9.34 Å². The normalized spacial score (nSPS) is 47.9. The summed E-state index contributed by atoms with van der Waals surface area (Å²) < 4.78 is 17.8. The molecule has 22 heavy (non-hydrogen) atoms. The number of carbonyl (C=O) groups is 1. The first kappa shape index (κ1) is 15.1. The topological polar surface area (TPSA) is 40.6 Å². The maximum Gasteiger partial charge on any atom is 0.238 e. The average Bonchev–Trinajstić information content (AvgIpc) is 2.92. The first-order chi connectivity index (χ1) is 10.4. The number of nitrogens with zero attached hydrogens (tertiary/aromatic N) is 2. The molecule has 0 spiro atoms. The van der Waals surface area contributed by atoms with Gasteiger partial charge in [-0.15, -0.1) is 0 Å². The van der Waals surface area contributed by atoms with E-state index in [2.05, 4.69) is 22.3 Å². The highest BCUT2D eigenvalue weighted by molar-refractivity contribution is 7.62. The Kier molecular flexibility index (Phi) is 3.28. The summed E-state index contributed by atoms with van der Waals surface area (Å²) in [6, 6.07) is 0.871. The molecule has 4 fully saturated rings. The number of ketones is 1. The van der Waals surface area contributed by atoms with Crippen LogP contribution < -0.4 is 0 Å². The maximum atomic E-state index is 13.6. The molecule has 122 valence electrons. The van der Waals surface area contributed by atoms with Crippen molar-refractivity contribution in [3.8, 4) is 0 Å². The fourth-order valence-corrected chi connectivity index (χ4v) is 8.09. The van der Waals surface area contributed by atoms with E-state index in [0.29, 0.717) is 29.7 Å². The zero-order chi connectivity index (χ0) is 15.7. The molecule has 0 unspecified atom stereocenters. The Morgan fingerprint density at radius 2 is 1.73 bits per heavy atom. The summed E-state index contributed by atoms with van der Waals surface area (Å²) >= 11 is 0. The Bertz CT molecular complexity index is 567. The Balaban J connectivity index is 1.56. The minimum atomic E-state index is -2.59. The first-order valence-corrected chi connectivity index (χ1v) is 10.4. The molecule has 0 radical (unpaired) electrons. The van der Waals surface area contributed by atoms with E-state index >= 15 is 0 Å². The van der Waals surface area contributed by atoms with E-state index in [1.165, 1.54) is 12.8 Å². The Morgan fingerprint density at radius 1 is 1.14 bits per heavy atom. The number of allylic oxidation sites excluding steroid dienone is 1. The Morgan fingerprint density at radius 3 is 2.23 bits per heavy atom. The van der Waals surface area contributed by atoms with Crippen LogP contribution >= 0.6 is 7.44 Å². The molecule has 5 heteroatoms. The molecule has 1 heterocycles. The third-order valence-electron chi connectivity index (χ3n) is 7.12. The van der Waals surface area contributed by atoms with Crippen LogP contribution in [0.25, 0.3) is 0 Å². The van der Waals surface area contributed by atoms with Crippen LogP contribution in [-0.2, 0) is 9.36 Å². The number of likely N-dealkylation sites (N-methyl/N-ethyl adjacent to an activating group) is 2. The molecule has 1 saturated heterocycles. The fraction of sp³-hybridized carbons (Fsp3) is 0.824. The summed E-state index contributed by atoms with van der Waals surface area (Å²) in [5.74, 6) is 3.20. The summed E-state index contributed by atoms with van der Waals surface area (Å²) in [7, 11) is 1.47. The molecular formula is C17H27N2O2P. The van der Waals surface area contributed by atoms with Gasteiger partial charge in [0.2, 0.25) is 7.44 Å². The maximum absolute atomic E-state index is 13.6. The molecule has 1 aliphatic heterocycles. The number of Topliss-reactive ketones (excluding diaryl/α,β-unsaturated/α-hetero) is 1. The van der Waals surface area contributed by atoms with E-state index in [0.717, 1.165) is 25.7 Å². The summed E-state index contributed by atoms with van der Waals surface area (Å²) in [5.41, 5.74) is -0.140. The lowest BCUT2D eigenvalue weighted by atomic mass is 9.91. The molecule has 3 saturated carbocycles. The van der Waals surface area contributed by atoms with Crippen LogP contribution in [0, 0.1) is 17.3 Å². The average molecular weight is 322 g/mol. The van der Waals surface area contributed by atoms with E-state index < -0.39 is 7.44 Å². The van der Waals surface area contributed by atoms with Gasteiger partial charge in [-0.05, 0) is 45.2 Å². The van der Waals surface area contributed by atoms with Crippen molar-refractivity contribution in [1.29, 1.82) is 0 Å². The van der Waals surface area contributed by atoms with E-state index in [1.807, 2.05) is 19.9 Å². The highest BCUT2D eigenvalue weighted by Gasteiger charge is 2.67. The first-order valence-electron chi connectivity index (χ1n) is 8.69. The molecule has 0 amide bonds. The molecular weight excluding hydrogens is 295 g/mol. The number of hydrogen-bond acceptors (Lipinski definition) is 2. The lowest BCUT2D eigenvalue weighted by Crippen LogP contribution is -2.37. The zero-order valence-electron chi connectivity index (χ0n) is 13.9. The van der Waals surface area contributed by atoms with Crippen molar-refractivity contribution < 1.29 is 9.36 Å². The van der Waals surface area contributed by atoms with Crippen LogP contribution in [0.2, 0.25) is 0 Å². The van der Waals surface area contributed by atoms with E-state index in [4.69, 9.17) is 0 Å². The molecule has 5 atom stereocenters. The smallest absolute Gasteiger partial charge is 0.238 e. The second-order valence-corrected chi connectivity index (χ2v) is 10.6. The van der Waals surface area contributed by atoms with Gasteiger partial charge in [-0.1, -0.05) is 25.8 Å². The van der Waals surface area contributed by atoms with Gasteiger partial charge in [-0.3, -0.25) is 9.36 Å². The largest absolute Gasteiger partial charge is 0.299 e. The lowest BCUT2D eigenvalue weighted by molar-refractivity contribution is -0.122. The van der Waals surface area contributed by atoms with Crippen LogP contribution in [0.15, 0.2) is 11.9 Å². The summed E-state index contributed by atoms with van der Waals surface area (Å²) in [6.45, 7) is 2.10. The Labute approximate surface area is 133 Å². The minimum Gasteiger partial charge on any atom is -0.299 e. The van der Waals surface area contributed by atoms with E-state index in [-0.39, 0.29) is 5.41 Å². The van der Waals surface area contributed by atoms with Crippen LogP contribution in [0.1, 0.15) is 45.4 Å². The molecule has 4 aliphatic rings. The van der Waals surface area contributed by atoms with Crippen molar-refractivity contribution in [2.75, 3.05) is 14.1 Å². The third-order valence-corrected chi connectivity index (χ3v) is 10.1. The van der Waals surface area contributed by atoms with Crippen molar-refractivity contribution >= 4 is 13.2 Å². The summed E-state index contributed by atoms with van der Waals surface area (Å²) in [5, 5.41) is 0. The molecule has 4 nitrogen and oxygen atoms in total. The summed E-state index contributed by atoms with van der Waals surface area (Å²) in [4.78, 5) is 12.0. The number of carbonyl (C=O) groups excluding carboxylic acids is 1. The highest BCUT2D eigenvalue weighted by atomic mass is 31.2. The van der Waals surface area contributed by atoms with E-state index in [9.17, 15) is 9.36 Å². The Hall–Kier alpha value is -0.440. The standard InChI is InChI=1S/C17H27N2O2P/c1-17-12(8-9-16(17)20)13(17)10-11-22(21)18(2)14-6-4-5-7-15(14)19(22)3/h10-15H,4-9H2,1-3H3/b11-10+/t12-,13+,14+,15+,17-/m0/s1. The molecule has 4 rings (SSSR count). The molecule has 0 N–H and O–H groups in total. The second kappa shape index (κ2) is 4.78. The quantitative estimate of drug-likeness (QED) is 0.730. The van der Waals surface area contributed by atoms with Gasteiger partial charge < -0.3 is 0 Å². The molecule has 0 aromatic rings. The van der Waals surface area contributed by atoms with Gasteiger partial charge in [0, 0.05) is 29.7 Å². The van der Waals surface area contributed by atoms with Gasteiger partial charge >= 0.3 is 0 Å². The minimum absolute atomic E-state index is 0.140. The van der Waals surface area contributed by atoms with Gasteiger partial charge in [0.05, 0.1) is 0 Å².